The molecule has 2 aliphatic rings. The van der Waals surface area contributed by atoms with Crippen LogP contribution in [0.4, 0.5) is 0 Å². The lowest BCUT2D eigenvalue weighted by atomic mass is 9.82. The van der Waals surface area contributed by atoms with Gasteiger partial charge in [-0.2, -0.15) is 0 Å². The highest BCUT2D eigenvalue weighted by Crippen LogP contribution is 2.29. The average molecular weight is 308 g/mol. The third-order valence-corrected chi connectivity index (χ3v) is 3.98. The second-order valence-electron chi connectivity index (χ2n) is 5.49. The van der Waals surface area contributed by atoms with E-state index in [4.69, 9.17) is 9.47 Å². The molecule has 0 aromatic heterocycles. The molecule has 2 aromatic rings. The van der Waals surface area contributed by atoms with Crippen LogP contribution in [-0.2, 0) is 9.47 Å². The minimum absolute atomic E-state index is 0.0588. The first-order chi connectivity index (χ1) is 11.2. The highest BCUT2D eigenvalue weighted by molar-refractivity contribution is 6.30. The van der Waals surface area contributed by atoms with Crippen LogP contribution >= 0.6 is 0 Å². The van der Waals surface area contributed by atoms with Crippen LogP contribution in [0.1, 0.15) is 42.2 Å². The van der Waals surface area contributed by atoms with Crippen molar-refractivity contribution in [3.8, 4) is 0 Å². The van der Waals surface area contributed by atoms with Gasteiger partial charge in [0.2, 0.25) is 0 Å². The summed E-state index contributed by atoms with van der Waals surface area (Å²) in [6, 6.07) is 11.3. The molecule has 0 spiro atoms. The van der Waals surface area contributed by atoms with Gasteiger partial charge in [0.25, 0.3) is 0 Å². The zero-order chi connectivity index (χ0) is 16.0. The summed E-state index contributed by atoms with van der Waals surface area (Å²) in [5.74, 6) is -1.20. The van der Waals surface area contributed by atoms with Gasteiger partial charge in [-0.05, 0) is 6.07 Å². The number of ketones is 2. The minimum Gasteiger partial charge on any atom is -0.459 e. The molecule has 1 fully saturated rings. The minimum atomic E-state index is -0.613. The number of benzene rings is 2. The SMILES string of the molecule is O=C(OCC1CO1)c1cccc2c1C(=O)c1ccccc1C2=O. The van der Waals surface area contributed by atoms with Crippen molar-refractivity contribution in [1.82, 2.24) is 0 Å². The van der Waals surface area contributed by atoms with Crippen LogP contribution < -0.4 is 0 Å². The van der Waals surface area contributed by atoms with E-state index in [0.717, 1.165) is 0 Å². The Bertz CT molecular complexity index is 848. The molecule has 1 heterocycles. The van der Waals surface area contributed by atoms with Crippen LogP contribution in [0.15, 0.2) is 42.5 Å². The summed E-state index contributed by atoms with van der Waals surface area (Å²) in [6.45, 7) is 0.728. The molecule has 0 amide bonds. The summed E-state index contributed by atoms with van der Waals surface area (Å²) >= 11 is 0. The van der Waals surface area contributed by atoms with Crippen molar-refractivity contribution >= 4 is 17.5 Å². The largest absolute Gasteiger partial charge is 0.459 e. The van der Waals surface area contributed by atoms with Crippen molar-refractivity contribution in [2.45, 2.75) is 6.10 Å². The number of hydrogen-bond donors (Lipinski definition) is 0. The molecule has 1 saturated heterocycles. The van der Waals surface area contributed by atoms with Crippen LogP contribution in [0.5, 0.6) is 0 Å². The maximum absolute atomic E-state index is 12.7. The van der Waals surface area contributed by atoms with Gasteiger partial charge in [-0.25, -0.2) is 4.79 Å². The smallest absolute Gasteiger partial charge is 0.338 e. The Labute approximate surface area is 131 Å². The van der Waals surface area contributed by atoms with E-state index in [-0.39, 0.29) is 41.0 Å². The number of rotatable bonds is 3. The summed E-state index contributed by atoms with van der Waals surface area (Å²) in [6.07, 6.45) is -0.0588. The van der Waals surface area contributed by atoms with Crippen LogP contribution in [-0.4, -0.2) is 36.9 Å². The second kappa shape index (κ2) is 5.14. The van der Waals surface area contributed by atoms with E-state index in [1.54, 1.807) is 36.4 Å². The topological polar surface area (TPSA) is 73.0 Å². The number of epoxide rings is 1. The molecular weight excluding hydrogens is 296 g/mol. The Balaban J connectivity index is 1.78. The first-order valence-corrected chi connectivity index (χ1v) is 7.27. The number of fused-ring (bicyclic) bond motifs is 2. The van der Waals surface area contributed by atoms with E-state index in [1.807, 2.05) is 0 Å². The third kappa shape index (κ3) is 2.26. The number of carbonyl (C=O) groups excluding carboxylic acids is 3. The fraction of sp³-hybridized carbons (Fsp3) is 0.167. The van der Waals surface area contributed by atoms with Gasteiger partial charge in [-0.1, -0.05) is 36.4 Å². The lowest BCUT2D eigenvalue weighted by molar-refractivity contribution is 0.0474. The highest BCUT2D eigenvalue weighted by atomic mass is 16.6. The van der Waals surface area contributed by atoms with E-state index in [0.29, 0.717) is 17.7 Å². The Morgan fingerprint density at radius 3 is 2.35 bits per heavy atom. The lowest BCUT2D eigenvalue weighted by Crippen LogP contribution is -2.24. The van der Waals surface area contributed by atoms with Gasteiger partial charge in [0.15, 0.2) is 11.6 Å². The van der Waals surface area contributed by atoms with Crippen molar-refractivity contribution in [2.24, 2.45) is 0 Å². The molecule has 1 atom stereocenters. The number of carbonyl (C=O) groups is 3. The van der Waals surface area contributed by atoms with Gasteiger partial charge in [0.05, 0.1) is 12.2 Å². The van der Waals surface area contributed by atoms with Crippen LogP contribution in [0.25, 0.3) is 0 Å². The van der Waals surface area contributed by atoms with Gasteiger partial charge in [-0.3, -0.25) is 9.59 Å². The first kappa shape index (κ1) is 13.8. The van der Waals surface area contributed by atoms with Crippen LogP contribution in [0.2, 0.25) is 0 Å². The molecule has 0 bridgehead atoms. The van der Waals surface area contributed by atoms with Crippen molar-refractivity contribution in [2.75, 3.05) is 13.2 Å². The molecular formula is C18H12O5. The maximum Gasteiger partial charge on any atom is 0.338 e. The molecule has 5 nitrogen and oxygen atoms in total. The van der Waals surface area contributed by atoms with Crippen LogP contribution in [0, 0.1) is 0 Å². The van der Waals surface area contributed by atoms with Gasteiger partial charge in [0.1, 0.15) is 12.7 Å². The molecule has 1 aliphatic heterocycles. The monoisotopic (exact) mass is 308 g/mol. The standard InChI is InChI=1S/C18H12O5/c19-16-11-4-1-2-5-12(11)17(20)15-13(16)6-3-7-14(15)18(21)23-9-10-8-22-10/h1-7,10H,8-9H2. The average Bonchev–Trinajstić information content (AvgIpc) is 3.41. The molecule has 114 valence electrons. The lowest BCUT2D eigenvalue weighted by Gasteiger charge is -2.19. The second-order valence-corrected chi connectivity index (χ2v) is 5.49. The Morgan fingerprint density at radius 1 is 1.00 bits per heavy atom. The molecule has 0 N–H and O–H groups in total. The summed E-state index contributed by atoms with van der Waals surface area (Å²) in [7, 11) is 0. The van der Waals surface area contributed by atoms with Gasteiger partial charge >= 0.3 is 5.97 Å². The normalized spacial score (nSPS) is 18.2. The Kier molecular flexibility index (Phi) is 3.09. The van der Waals surface area contributed by atoms with E-state index in [1.165, 1.54) is 6.07 Å². The van der Waals surface area contributed by atoms with Gasteiger partial charge in [0, 0.05) is 22.3 Å². The Hall–Kier alpha value is -2.79. The molecule has 1 unspecified atom stereocenters. The summed E-state index contributed by atoms with van der Waals surface area (Å²) in [5.41, 5.74) is 1.16. The molecule has 2 aromatic carbocycles. The predicted molar refractivity (Wildman–Crippen MR) is 79.8 cm³/mol. The molecule has 23 heavy (non-hydrogen) atoms. The third-order valence-electron chi connectivity index (χ3n) is 3.98. The zero-order valence-electron chi connectivity index (χ0n) is 12.1. The van der Waals surface area contributed by atoms with E-state index in [2.05, 4.69) is 0 Å². The van der Waals surface area contributed by atoms with Crippen molar-refractivity contribution < 1.29 is 23.9 Å². The fourth-order valence-corrected chi connectivity index (χ4v) is 2.73. The molecule has 0 saturated carbocycles. The number of hydrogen-bond acceptors (Lipinski definition) is 5. The van der Waals surface area contributed by atoms with Gasteiger partial charge < -0.3 is 9.47 Å². The highest BCUT2D eigenvalue weighted by Gasteiger charge is 2.33. The molecule has 5 heteroatoms. The molecule has 1 aliphatic carbocycles. The first-order valence-electron chi connectivity index (χ1n) is 7.27. The fourth-order valence-electron chi connectivity index (χ4n) is 2.73. The van der Waals surface area contributed by atoms with Crippen molar-refractivity contribution in [1.29, 1.82) is 0 Å². The van der Waals surface area contributed by atoms with Crippen molar-refractivity contribution in [3.63, 3.8) is 0 Å². The van der Waals surface area contributed by atoms with Gasteiger partial charge in [-0.15, -0.1) is 0 Å². The van der Waals surface area contributed by atoms with Crippen molar-refractivity contribution in [3.05, 3.63) is 70.3 Å². The van der Waals surface area contributed by atoms with E-state index >= 15 is 0 Å². The zero-order valence-corrected chi connectivity index (χ0v) is 12.1. The summed E-state index contributed by atoms with van der Waals surface area (Å²) < 4.78 is 10.2. The molecule has 0 radical (unpaired) electrons. The maximum atomic E-state index is 12.7. The summed E-state index contributed by atoms with van der Waals surface area (Å²) in [4.78, 5) is 37.6. The predicted octanol–water partition coefficient (Wildman–Crippen LogP) is 2.02. The van der Waals surface area contributed by atoms with E-state index < -0.39 is 5.97 Å². The van der Waals surface area contributed by atoms with E-state index in [9.17, 15) is 14.4 Å². The molecule has 4 rings (SSSR count). The quantitative estimate of drug-likeness (QED) is 0.547. The number of ether oxygens (including phenoxy) is 2. The van der Waals surface area contributed by atoms with Crippen LogP contribution in [0.3, 0.4) is 0 Å². The number of esters is 1. The summed E-state index contributed by atoms with van der Waals surface area (Å²) in [5, 5.41) is 0. The Morgan fingerprint density at radius 2 is 1.65 bits per heavy atom.